The molecule has 1 unspecified atom stereocenters. The maximum atomic E-state index is 13.3. The van der Waals surface area contributed by atoms with Crippen LogP contribution in [0.3, 0.4) is 0 Å². The minimum absolute atomic E-state index is 0.0511. The molecule has 0 amide bonds. The predicted octanol–water partition coefficient (Wildman–Crippen LogP) is 8.08. The van der Waals surface area contributed by atoms with E-state index in [0.29, 0.717) is 22.7 Å². The monoisotopic (exact) mass is 902 g/mol. The molecule has 5 aromatic rings. The third-order valence-electron chi connectivity index (χ3n) is 9.90. The normalized spacial score (nSPS) is 17.6. The number of methoxy groups -OCH3 is 2. The molecule has 1 fully saturated rings. The van der Waals surface area contributed by atoms with Gasteiger partial charge < -0.3 is 32.9 Å². The second kappa shape index (κ2) is 20.2. The number of fused-ring (bicyclic) bond motifs is 1. The number of hydrogen-bond acceptors (Lipinski definition) is 12. The minimum atomic E-state index is -1.69. The van der Waals surface area contributed by atoms with Gasteiger partial charge in [0.2, 0.25) is 5.95 Å². The van der Waals surface area contributed by atoms with E-state index in [1.807, 2.05) is 93.0 Å². The molecule has 17 heteroatoms. The van der Waals surface area contributed by atoms with Gasteiger partial charge in [0.1, 0.15) is 29.4 Å². The number of imidazole rings is 1. The Hall–Kier alpha value is -4.72. The summed E-state index contributed by atoms with van der Waals surface area (Å²) in [6.07, 6.45) is 0.0880. The molecule has 4 atom stereocenters. The van der Waals surface area contributed by atoms with Crippen LogP contribution in [0.15, 0.2) is 93.4 Å². The lowest BCUT2D eigenvalue weighted by atomic mass is 9.80. The molecule has 1 aliphatic heterocycles. The zero-order valence-electron chi connectivity index (χ0n) is 35.1. The van der Waals surface area contributed by atoms with Crippen LogP contribution in [0.25, 0.3) is 11.2 Å². The first-order valence-electron chi connectivity index (χ1n) is 19.7. The van der Waals surface area contributed by atoms with Gasteiger partial charge in [-0.3, -0.25) is 14.3 Å². The number of aromatic nitrogens is 4. The molecule has 0 saturated carbocycles. The van der Waals surface area contributed by atoms with Gasteiger partial charge in [-0.15, -0.1) is 0 Å². The first-order valence-corrected chi connectivity index (χ1v) is 21.6. The quantitative estimate of drug-likeness (QED) is 0.0212. The highest BCUT2D eigenvalue weighted by Crippen LogP contribution is 2.51. The van der Waals surface area contributed by atoms with Crippen LogP contribution in [-0.2, 0) is 24.1 Å². The molecule has 0 bridgehead atoms. The molecule has 1 N–H and O–H groups in total. The van der Waals surface area contributed by atoms with Crippen LogP contribution in [0, 0.1) is 11.3 Å². The van der Waals surface area contributed by atoms with E-state index < -0.39 is 38.1 Å². The van der Waals surface area contributed by atoms with E-state index in [-0.39, 0.29) is 48.8 Å². The lowest BCUT2D eigenvalue weighted by Crippen LogP contribution is -2.39. The summed E-state index contributed by atoms with van der Waals surface area (Å²) in [6, 6.07) is 28.0. The van der Waals surface area contributed by atoms with Gasteiger partial charge in [0, 0.05) is 32.6 Å². The number of aromatic amines is 1. The smallest absolute Gasteiger partial charge is 0.280 e. The number of H-pyrrole nitrogens is 1. The summed E-state index contributed by atoms with van der Waals surface area (Å²) >= 11 is 3.60. The Morgan fingerprint density at radius 1 is 0.983 bits per heavy atom. The Bertz CT molecular complexity index is 2240. The Morgan fingerprint density at radius 3 is 2.13 bits per heavy atom. The van der Waals surface area contributed by atoms with Gasteiger partial charge in [-0.1, -0.05) is 54.6 Å². The summed E-state index contributed by atoms with van der Waals surface area (Å²) in [5.41, 5.74) is 1.43. The van der Waals surface area contributed by atoms with Gasteiger partial charge >= 0.3 is 0 Å². The Labute approximate surface area is 360 Å². The highest BCUT2D eigenvalue weighted by molar-refractivity contribution is 9.10. The molecule has 1 aliphatic rings. The predicted molar refractivity (Wildman–Crippen MR) is 235 cm³/mol. The minimum Gasteiger partial charge on any atom is -0.497 e. The number of aliphatic imine (C=N–C) groups is 1. The van der Waals surface area contributed by atoms with Crippen molar-refractivity contribution in [3.8, 4) is 17.6 Å². The summed E-state index contributed by atoms with van der Waals surface area (Å²) < 4.78 is 43.2. The highest BCUT2D eigenvalue weighted by Gasteiger charge is 2.45. The van der Waals surface area contributed by atoms with E-state index in [0.717, 1.165) is 16.7 Å². The van der Waals surface area contributed by atoms with Gasteiger partial charge in [-0.25, -0.2) is 14.6 Å². The first kappa shape index (κ1) is 44.8. The molecule has 3 aromatic carbocycles. The number of benzene rings is 3. The molecular weight excluding hydrogens is 851 g/mol. The molecule has 60 heavy (non-hydrogen) atoms. The van der Waals surface area contributed by atoms with Gasteiger partial charge in [0.15, 0.2) is 15.9 Å². The number of nitrogens with one attached hydrogen (secondary N) is 1. The molecule has 0 aliphatic carbocycles. The molecule has 3 heterocycles. The zero-order valence-corrected chi connectivity index (χ0v) is 37.6. The van der Waals surface area contributed by atoms with Crippen LogP contribution in [0.2, 0.25) is 0 Å². The van der Waals surface area contributed by atoms with E-state index in [9.17, 15) is 10.1 Å². The molecule has 1 saturated heterocycles. The van der Waals surface area contributed by atoms with Crippen molar-refractivity contribution < 1.29 is 28.0 Å². The topological polar surface area (TPSA) is 162 Å². The number of hydrogen-bond donors (Lipinski definition) is 1. The molecule has 15 nitrogen and oxygen atoms in total. The van der Waals surface area contributed by atoms with Crippen molar-refractivity contribution in [3.63, 3.8) is 0 Å². The van der Waals surface area contributed by atoms with Crippen molar-refractivity contribution in [2.75, 3.05) is 41.5 Å². The molecular formula is C43H52BrN8O7P. The molecule has 318 valence electrons. The highest BCUT2D eigenvalue weighted by atomic mass is 79.9. The third-order valence-corrected chi connectivity index (χ3v) is 12.6. The average molecular weight is 904 g/mol. The summed E-state index contributed by atoms with van der Waals surface area (Å²) in [6.45, 7) is 8.61. The molecule has 0 spiro atoms. The number of rotatable bonds is 19. The fourth-order valence-electron chi connectivity index (χ4n) is 7.24. The molecule has 0 radical (unpaired) electrons. The van der Waals surface area contributed by atoms with E-state index in [1.54, 1.807) is 30.0 Å². The zero-order chi connectivity index (χ0) is 43.0. The van der Waals surface area contributed by atoms with Gasteiger partial charge in [-0.05, 0) is 84.6 Å². The maximum absolute atomic E-state index is 13.3. The van der Waals surface area contributed by atoms with Crippen molar-refractivity contribution in [1.29, 1.82) is 5.26 Å². The third kappa shape index (κ3) is 9.90. The Kier molecular flexibility index (Phi) is 15.1. The van der Waals surface area contributed by atoms with Crippen LogP contribution in [-0.4, -0.2) is 101 Å². The molecule has 6 rings (SSSR count). The molecule has 2 aromatic heterocycles. The maximum Gasteiger partial charge on any atom is 0.280 e. The van der Waals surface area contributed by atoms with E-state index in [2.05, 4.69) is 69.3 Å². The van der Waals surface area contributed by atoms with Crippen molar-refractivity contribution >= 4 is 47.9 Å². The Morgan fingerprint density at radius 2 is 1.58 bits per heavy atom. The number of ether oxygens (including phenoxy) is 4. The Balaban J connectivity index is 1.47. The second-order valence-corrected chi connectivity index (χ2v) is 17.0. The summed E-state index contributed by atoms with van der Waals surface area (Å²) in [4.78, 5) is 31.3. The van der Waals surface area contributed by atoms with Crippen molar-refractivity contribution in [2.45, 2.75) is 76.7 Å². The average Bonchev–Trinajstić information content (AvgIpc) is 3.79. The van der Waals surface area contributed by atoms with Crippen LogP contribution in [0.5, 0.6) is 11.5 Å². The van der Waals surface area contributed by atoms with Crippen LogP contribution < -0.4 is 15.0 Å². The summed E-state index contributed by atoms with van der Waals surface area (Å²) in [7, 11) is 5.23. The SMILES string of the molecule is COc1ccc(C(OC[C@H]2O[C@@H](n3c(Br)nc4c(=O)[nH]c(/N=C/N(C)C)nc43)C[C@@H]2OP(OCCC#N)N(C(C)C)C(C)C)(c2ccccc2)c2ccc(OC)cc2)cc1. The summed E-state index contributed by atoms with van der Waals surface area (Å²) in [5, 5.41) is 9.42. The lowest BCUT2D eigenvalue weighted by Gasteiger charge is -2.39. The second-order valence-electron chi connectivity index (χ2n) is 14.9. The van der Waals surface area contributed by atoms with E-state index in [4.69, 9.17) is 33.0 Å². The van der Waals surface area contributed by atoms with Gasteiger partial charge in [0.05, 0.1) is 52.4 Å². The van der Waals surface area contributed by atoms with Crippen molar-refractivity contribution in [2.24, 2.45) is 4.99 Å². The van der Waals surface area contributed by atoms with Gasteiger partial charge in [0.25, 0.3) is 14.1 Å². The standard InChI is InChI=1S/C43H52BrN8O7P/c1-28(2)52(29(3)4)60(57-24-12-23-45)59-35-25-37(51-39-38(47-41(51)44)40(53)49-42(48-39)46-27-50(5)6)58-36(35)26-56-43(30-13-10-9-11-14-30,31-15-19-33(54-7)20-16-31)32-17-21-34(55-8)22-18-32/h9-11,13-22,27-29,35-37H,12,24-26H2,1-8H3,(H,48,49,53)/b46-27+/t35-,36+,37+,60?/m0/s1. The number of nitrogens with zero attached hydrogens (tertiary/aromatic N) is 7. The van der Waals surface area contributed by atoms with Crippen LogP contribution in [0.1, 0.15) is 63.5 Å². The van der Waals surface area contributed by atoms with E-state index in [1.165, 1.54) is 0 Å². The van der Waals surface area contributed by atoms with E-state index >= 15 is 0 Å². The summed E-state index contributed by atoms with van der Waals surface area (Å²) in [5.74, 6) is 1.53. The van der Waals surface area contributed by atoms with Crippen molar-refractivity contribution in [3.05, 3.63) is 111 Å². The van der Waals surface area contributed by atoms with Crippen molar-refractivity contribution in [1.82, 2.24) is 29.1 Å². The van der Waals surface area contributed by atoms with Crippen LogP contribution in [0.4, 0.5) is 5.95 Å². The first-order chi connectivity index (χ1) is 28.9. The lowest BCUT2D eigenvalue weighted by molar-refractivity contribution is -0.0915. The number of nitriles is 1. The largest absolute Gasteiger partial charge is 0.497 e. The fourth-order valence-corrected chi connectivity index (χ4v) is 9.57. The van der Waals surface area contributed by atoms with Crippen LogP contribution >= 0.6 is 24.5 Å². The number of halogens is 1. The fraction of sp³-hybridized carbons (Fsp3) is 0.419. The van der Waals surface area contributed by atoms with Gasteiger partial charge in [-0.2, -0.15) is 10.2 Å².